The van der Waals surface area contributed by atoms with Crippen LogP contribution in [0.1, 0.15) is 110 Å². The van der Waals surface area contributed by atoms with E-state index >= 15 is 0 Å². The minimum absolute atomic E-state index is 0.0446. The van der Waals surface area contributed by atoms with E-state index in [0.29, 0.717) is 26.0 Å². The van der Waals surface area contributed by atoms with Gasteiger partial charge in [-0.2, -0.15) is 0 Å². The lowest BCUT2D eigenvalue weighted by Gasteiger charge is -2.14. The first-order valence-electron chi connectivity index (χ1n) is 16.0. The summed E-state index contributed by atoms with van der Waals surface area (Å²) < 4.78 is 10.3. The van der Waals surface area contributed by atoms with E-state index in [1.807, 2.05) is 0 Å². The fraction of sp³-hybridized carbons (Fsp3) is 0.774. The third-order valence-electron chi connectivity index (χ3n) is 6.39. The molecule has 3 amide bonds. The van der Waals surface area contributed by atoms with Crippen LogP contribution >= 0.6 is 0 Å². The van der Waals surface area contributed by atoms with Gasteiger partial charge in [0.2, 0.25) is 17.7 Å². The molecule has 0 aromatic carbocycles. The molecule has 6 N–H and O–H groups in total. The summed E-state index contributed by atoms with van der Waals surface area (Å²) in [6.45, 7) is 3.69. The Morgan fingerprint density at radius 3 is 1.65 bits per heavy atom. The molecule has 1 unspecified atom stereocenters. The van der Waals surface area contributed by atoms with E-state index in [1.54, 1.807) is 6.92 Å². The Morgan fingerprint density at radius 2 is 1.15 bits per heavy atom. The van der Waals surface area contributed by atoms with E-state index in [1.165, 1.54) is 19.8 Å². The highest BCUT2D eigenvalue weighted by atomic mass is 16.5. The van der Waals surface area contributed by atoms with Crippen LogP contribution in [0, 0.1) is 0 Å². The van der Waals surface area contributed by atoms with Gasteiger partial charge in [-0.15, -0.1) is 0 Å². The third kappa shape index (κ3) is 34.9. The van der Waals surface area contributed by atoms with E-state index in [4.69, 9.17) is 24.8 Å². The van der Waals surface area contributed by atoms with Gasteiger partial charge in [-0.05, 0) is 26.2 Å². The number of aliphatic carboxylic acids is 3. The van der Waals surface area contributed by atoms with Gasteiger partial charge in [-0.3, -0.25) is 24.0 Å². The Bertz CT molecular complexity index is 898. The predicted molar refractivity (Wildman–Crippen MR) is 168 cm³/mol. The molecule has 46 heavy (non-hydrogen) atoms. The Labute approximate surface area is 271 Å². The lowest BCUT2D eigenvalue weighted by atomic mass is 10.1. The third-order valence-corrected chi connectivity index (χ3v) is 6.39. The van der Waals surface area contributed by atoms with Crippen LogP contribution in [0.15, 0.2) is 0 Å². The Hall–Kier alpha value is -3.59. The molecular weight excluding hydrogens is 606 g/mol. The number of carboxylic acids is 3. The maximum absolute atomic E-state index is 11.6. The number of ketones is 1. The van der Waals surface area contributed by atoms with Crippen molar-refractivity contribution < 1.29 is 58.4 Å². The second-order valence-corrected chi connectivity index (χ2v) is 10.7. The summed E-state index contributed by atoms with van der Waals surface area (Å²) in [4.78, 5) is 76.2. The summed E-state index contributed by atoms with van der Waals surface area (Å²) >= 11 is 0. The summed E-state index contributed by atoms with van der Waals surface area (Å²) in [6, 6.07) is -1.11. The van der Waals surface area contributed by atoms with Gasteiger partial charge in [-0.25, -0.2) is 4.79 Å². The number of Topliss-reactive ketones (excluding diaryl/α,β-unsaturated/α-hetero) is 1. The van der Waals surface area contributed by atoms with Crippen LogP contribution in [0.2, 0.25) is 0 Å². The zero-order chi connectivity index (χ0) is 35.0. The van der Waals surface area contributed by atoms with Gasteiger partial charge in [0.05, 0.1) is 19.8 Å². The molecule has 15 nitrogen and oxygen atoms in total. The van der Waals surface area contributed by atoms with E-state index in [9.17, 15) is 33.6 Å². The molecule has 0 aromatic rings. The largest absolute Gasteiger partial charge is 0.481 e. The van der Waals surface area contributed by atoms with Gasteiger partial charge in [0.15, 0.2) is 0 Å². The summed E-state index contributed by atoms with van der Waals surface area (Å²) in [7, 11) is 0. The van der Waals surface area contributed by atoms with Crippen LogP contribution in [0.4, 0.5) is 0 Å². The number of nitrogens with one attached hydrogen (secondary N) is 3. The highest BCUT2D eigenvalue weighted by molar-refractivity contribution is 5.85. The molecule has 0 aliphatic heterocycles. The SMILES string of the molecule is CCC(=O)NCCOCCOCC(=O)NC(CCC(C)=O)C(=O)O.O=C(O)CCCCCCCCCCCCC(=O)NCC(=O)O. The lowest BCUT2D eigenvalue weighted by Crippen LogP contribution is -2.42. The first-order chi connectivity index (χ1) is 21.9. The monoisotopic (exact) mass is 661 g/mol. The number of carbonyl (C=O) groups excluding carboxylic acids is 4. The van der Waals surface area contributed by atoms with Crippen molar-refractivity contribution in [3.8, 4) is 0 Å². The highest BCUT2D eigenvalue weighted by Crippen LogP contribution is 2.12. The normalized spacial score (nSPS) is 11.0. The molecule has 0 heterocycles. The van der Waals surface area contributed by atoms with Crippen molar-refractivity contribution in [3.05, 3.63) is 0 Å². The molecule has 0 spiro atoms. The maximum atomic E-state index is 11.6. The summed E-state index contributed by atoms with van der Waals surface area (Å²) in [5.74, 6) is -3.87. The number of carbonyl (C=O) groups is 7. The van der Waals surface area contributed by atoms with E-state index in [2.05, 4.69) is 16.0 Å². The smallest absolute Gasteiger partial charge is 0.326 e. The van der Waals surface area contributed by atoms with Gasteiger partial charge < -0.3 is 45.5 Å². The van der Waals surface area contributed by atoms with Crippen molar-refractivity contribution in [1.82, 2.24) is 16.0 Å². The summed E-state index contributed by atoms with van der Waals surface area (Å²) in [5, 5.41) is 33.2. The van der Waals surface area contributed by atoms with Crippen LogP contribution < -0.4 is 16.0 Å². The second-order valence-electron chi connectivity index (χ2n) is 10.7. The summed E-state index contributed by atoms with van der Waals surface area (Å²) in [5.41, 5.74) is 0. The number of rotatable bonds is 29. The molecule has 0 saturated carbocycles. The Balaban J connectivity index is 0. The number of carboxylic acid groups (broad SMARTS) is 3. The number of ether oxygens (including phenoxy) is 2. The zero-order valence-electron chi connectivity index (χ0n) is 27.4. The van der Waals surface area contributed by atoms with Crippen molar-refractivity contribution in [2.24, 2.45) is 0 Å². The maximum Gasteiger partial charge on any atom is 0.326 e. The Kier molecular flexibility index (Phi) is 30.4. The summed E-state index contributed by atoms with van der Waals surface area (Å²) in [6.07, 6.45) is 11.7. The van der Waals surface area contributed by atoms with Gasteiger partial charge in [0.1, 0.15) is 25.0 Å². The number of unbranched alkanes of at least 4 members (excludes halogenated alkanes) is 9. The average Bonchev–Trinajstić information content (AvgIpc) is 2.99. The average molecular weight is 662 g/mol. The first-order valence-corrected chi connectivity index (χ1v) is 16.0. The predicted octanol–water partition coefficient (Wildman–Crippen LogP) is 2.44. The highest BCUT2D eigenvalue weighted by Gasteiger charge is 2.20. The van der Waals surface area contributed by atoms with Crippen LogP contribution in [-0.2, 0) is 43.0 Å². The molecule has 0 aromatic heterocycles. The number of amides is 3. The van der Waals surface area contributed by atoms with Crippen LogP contribution in [0.5, 0.6) is 0 Å². The molecule has 266 valence electrons. The van der Waals surface area contributed by atoms with Crippen LogP contribution in [0.25, 0.3) is 0 Å². The molecule has 0 aliphatic carbocycles. The molecule has 0 radical (unpaired) electrons. The molecule has 0 saturated heterocycles. The molecule has 0 fully saturated rings. The molecule has 0 rings (SSSR count). The number of hydrogen-bond donors (Lipinski definition) is 6. The van der Waals surface area contributed by atoms with Gasteiger partial charge in [-0.1, -0.05) is 58.3 Å². The van der Waals surface area contributed by atoms with E-state index < -0.39 is 29.9 Å². The van der Waals surface area contributed by atoms with Crippen molar-refractivity contribution in [2.45, 2.75) is 116 Å². The Morgan fingerprint density at radius 1 is 0.609 bits per heavy atom. The quantitative estimate of drug-likeness (QED) is 0.0634. The fourth-order valence-electron chi connectivity index (χ4n) is 3.85. The van der Waals surface area contributed by atoms with E-state index in [-0.39, 0.29) is 63.2 Å². The first kappa shape index (κ1) is 44.5. The number of hydrogen-bond acceptors (Lipinski definition) is 9. The van der Waals surface area contributed by atoms with E-state index in [0.717, 1.165) is 51.4 Å². The fourth-order valence-corrected chi connectivity index (χ4v) is 3.85. The van der Waals surface area contributed by atoms with Gasteiger partial charge in [0.25, 0.3) is 0 Å². The van der Waals surface area contributed by atoms with Crippen LogP contribution in [-0.4, -0.2) is 102 Å². The van der Waals surface area contributed by atoms with Gasteiger partial charge >= 0.3 is 17.9 Å². The van der Waals surface area contributed by atoms with Gasteiger partial charge in [0, 0.05) is 32.2 Å². The zero-order valence-corrected chi connectivity index (χ0v) is 27.4. The second kappa shape index (κ2) is 31.4. The molecule has 15 heteroatoms. The van der Waals surface area contributed by atoms with Crippen molar-refractivity contribution in [2.75, 3.05) is 39.5 Å². The molecule has 1 atom stereocenters. The minimum atomic E-state index is -1.19. The van der Waals surface area contributed by atoms with Crippen LogP contribution in [0.3, 0.4) is 0 Å². The molecule has 0 aliphatic rings. The lowest BCUT2D eigenvalue weighted by molar-refractivity contribution is -0.143. The van der Waals surface area contributed by atoms with Crippen molar-refractivity contribution in [1.29, 1.82) is 0 Å². The van der Waals surface area contributed by atoms with Crippen molar-refractivity contribution >= 4 is 41.4 Å². The minimum Gasteiger partial charge on any atom is -0.481 e. The van der Waals surface area contributed by atoms with Crippen molar-refractivity contribution in [3.63, 3.8) is 0 Å². The molecule has 0 bridgehead atoms. The topological polar surface area (TPSA) is 235 Å². The standard InChI is InChI=1S/C16H29NO5.C15H26N2O7/c18-14(17-13-16(21)22)11-9-7-5-3-1-2-4-6-8-10-12-15(19)20;1-3-13(19)16-6-7-23-8-9-24-10-14(20)17-12(15(21)22)5-4-11(2)18/h1-13H2,(H,17,18)(H,19,20)(H,21,22);12H,3-10H2,1-2H3,(H,16,19)(H,17,20)(H,21,22). The molecular formula is C31H55N3O12.